The Morgan fingerprint density at radius 3 is 2.67 bits per heavy atom. The van der Waals surface area contributed by atoms with Crippen LogP contribution in [0.25, 0.3) is 0 Å². The average molecular weight is 122 g/mol. The van der Waals surface area contributed by atoms with Crippen molar-refractivity contribution >= 4 is 0 Å². The van der Waals surface area contributed by atoms with Gasteiger partial charge in [-0.2, -0.15) is 0 Å². The lowest BCUT2D eigenvalue weighted by Gasteiger charge is -2.29. The van der Waals surface area contributed by atoms with Gasteiger partial charge in [-0.25, -0.2) is 0 Å². The van der Waals surface area contributed by atoms with Crippen molar-refractivity contribution in [2.45, 2.75) is 19.3 Å². The molecule has 9 heavy (non-hydrogen) atoms. The monoisotopic (exact) mass is 122 g/mol. The minimum Gasteiger partial charge on any atom is -0.293 e. The highest BCUT2D eigenvalue weighted by atomic mass is 14.9. The van der Waals surface area contributed by atoms with Crippen LogP contribution in [0.5, 0.6) is 0 Å². The summed E-state index contributed by atoms with van der Waals surface area (Å²) in [4.78, 5) is 0. The molecular formula is C8H12N. The number of hydrogen-bond donors (Lipinski definition) is 0. The number of hydrogen-bond acceptors (Lipinski definition) is 0. The molecule has 0 aromatic rings. The molecule has 0 saturated heterocycles. The first kappa shape index (κ1) is 5.33. The van der Waals surface area contributed by atoms with Crippen LogP contribution >= 0.6 is 0 Å². The third-order valence-corrected chi connectivity index (χ3v) is 2.51. The largest absolute Gasteiger partial charge is 0.293 e. The quantitative estimate of drug-likeness (QED) is 0.501. The second-order valence-electron chi connectivity index (χ2n) is 3.06. The minimum absolute atomic E-state index is 0.818. The molecular weight excluding hydrogens is 110 g/mol. The molecule has 1 atom stereocenters. The summed E-state index contributed by atoms with van der Waals surface area (Å²) in [6.07, 6.45) is 8.59. The van der Waals surface area contributed by atoms with E-state index in [1.54, 1.807) is 0 Å². The zero-order chi connectivity index (χ0) is 6.10. The predicted molar refractivity (Wildman–Crippen MR) is 37.0 cm³/mol. The molecule has 0 aromatic heterocycles. The van der Waals surface area contributed by atoms with Gasteiger partial charge in [-0.1, -0.05) is 12.5 Å². The Labute approximate surface area is 56.1 Å². The highest BCUT2D eigenvalue weighted by Gasteiger charge is 2.26. The average Bonchev–Trinajstić information content (AvgIpc) is 2.11. The highest BCUT2D eigenvalue weighted by molar-refractivity contribution is 4.99. The third kappa shape index (κ3) is 0.846. The molecule has 1 nitrogen and oxygen atoms in total. The van der Waals surface area contributed by atoms with Gasteiger partial charge >= 0.3 is 0 Å². The van der Waals surface area contributed by atoms with Crippen LogP contribution in [0.2, 0.25) is 0 Å². The van der Waals surface area contributed by atoms with Crippen LogP contribution in [-0.4, -0.2) is 6.54 Å². The van der Waals surface area contributed by atoms with Gasteiger partial charge in [-0.15, -0.1) is 0 Å². The molecule has 1 radical (unpaired) electrons. The fourth-order valence-electron chi connectivity index (χ4n) is 1.59. The van der Waals surface area contributed by atoms with Crippen molar-refractivity contribution in [3.05, 3.63) is 12.3 Å². The van der Waals surface area contributed by atoms with E-state index in [-0.39, 0.29) is 0 Å². The molecule has 1 fully saturated rings. The first-order chi connectivity index (χ1) is 4.47. The topological polar surface area (TPSA) is 14.1 Å². The standard InChI is InChI=1S/C8H12N/c1-2-7(3-1)8-4-5-9-6-8/h4-5,7-8H,1-3,6H2. The summed E-state index contributed by atoms with van der Waals surface area (Å²) in [5.41, 5.74) is 0. The summed E-state index contributed by atoms with van der Waals surface area (Å²) in [6.45, 7) is 1.07. The molecule has 0 amide bonds. The maximum Gasteiger partial charge on any atom is 0.0455 e. The van der Waals surface area contributed by atoms with Crippen molar-refractivity contribution < 1.29 is 0 Å². The van der Waals surface area contributed by atoms with Crippen LogP contribution < -0.4 is 5.32 Å². The second-order valence-corrected chi connectivity index (χ2v) is 3.06. The van der Waals surface area contributed by atoms with Gasteiger partial charge in [-0.3, -0.25) is 5.32 Å². The summed E-state index contributed by atoms with van der Waals surface area (Å²) >= 11 is 0. The minimum atomic E-state index is 0.818. The normalized spacial score (nSPS) is 34.0. The van der Waals surface area contributed by atoms with Gasteiger partial charge in [0.05, 0.1) is 0 Å². The first-order valence-corrected chi connectivity index (χ1v) is 3.80. The summed E-state index contributed by atoms with van der Waals surface area (Å²) in [5, 5.41) is 4.19. The Balaban J connectivity index is 1.89. The summed E-state index contributed by atoms with van der Waals surface area (Å²) in [7, 11) is 0. The molecule has 2 rings (SSSR count). The van der Waals surface area contributed by atoms with Crippen molar-refractivity contribution in [1.29, 1.82) is 0 Å². The van der Waals surface area contributed by atoms with E-state index in [1.165, 1.54) is 19.3 Å². The van der Waals surface area contributed by atoms with Crippen molar-refractivity contribution in [3.8, 4) is 0 Å². The lowest BCUT2D eigenvalue weighted by Crippen LogP contribution is -2.22. The number of nitrogens with zero attached hydrogens (tertiary/aromatic N) is 1. The molecule has 1 unspecified atom stereocenters. The Kier molecular flexibility index (Phi) is 1.22. The maximum atomic E-state index is 4.19. The lowest BCUT2D eigenvalue weighted by molar-refractivity contribution is 0.247. The maximum absolute atomic E-state index is 4.19. The van der Waals surface area contributed by atoms with Crippen molar-refractivity contribution in [2.75, 3.05) is 6.54 Å². The van der Waals surface area contributed by atoms with E-state index in [2.05, 4.69) is 11.4 Å². The van der Waals surface area contributed by atoms with Crippen molar-refractivity contribution in [1.82, 2.24) is 5.32 Å². The van der Waals surface area contributed by atoms with E-state index in [4.69, 9.17) is 0 Å². The van der Waals surface area contributed by atoms with E-state index in [0.29, 0.717) is 0 Å². The summed E-state index contributed by atoms with van der Waals surface area (Å²) in [5.74, 6) is 1.81. The van der Waals surface area contributed by atoms with Gasteiger partial charge < -0.3 is 0 Å². The predicted octanol–water partition coefficient (Wildman–Crippen LogP) is 1.53. The molecule has 1 heterocycles. The van der Waals surface area contributed by atoms with E-state index < -0.39 is 0 Å². The first-order valence-electron chi connectivity index (χ1n) is 3.80. The zero-order valence-corrected chi connectivity index (χ0v) is 5.59. The highest BCUT2D eigenvalue weighted by Crippen LogP contribution is 2.34. The van der Waals surface area contributed by atoms with Crippen molar-refractivity contribution in [3.63, 3.8) is 0 Å². The van der Waals surface area contributed by atoms with Gasteiger partial charge in [0.15, 0.2) is 0 Å². The Morgan fingerprint density at radius 2 is 2.22 bits per heavy atom. The van der Waals surface area contributed by atoms with E-state index in [1.807, 2.05) is 6.20 Å². The molecule has 1 saturated carbocycles. The van der Waals surface area contributed by atoms with Crippen LogP contribution in [0.4, 0.5) is 0 Å². The van der Waals surface area contributed by atoms with Crippen molar-refractivity contribution in [2.24, 2.45) is 11.8 Å². The van der Waals surface area contributed by atoms with Gasteiger partial charge in [0.25, 0.3) is 0 Å². The molecule has 1 heteroatoms. The van der Waals surface area contributed by atoms with Gasteiger partial charge in [0, 0.05) is 18.7 Å². The fourth-order valence-corrected chi connectivity index (χ4v) is 1.59. The molecule has 0 N–H and O–H groups in total. The van der Waals surface area contributed by atoms with E-state index >= 15 is 0 Å². The Morgan fingerprint density at radius 1 is 1.33 bits per heavy atom. The molecule has 1 aliphatic heterocycles. The lowest BCUT2D eigenvalue weighted by atomic mass is 9.76. The molecule has 1 aliphatic carbocycles. The summed E-state index contributed by atoms with van der Waals surface area (Å²) in [6, 6.07) is 0. The van der Waals surface area contributed by atoms with Crippen LogP contribution in [-0.2, 0) is 0 Å². The van der Waals surface area contributed by atoms with Crippen LogP contribution in [0.15, 0.2) is 12.3 Å². The zero-order valence-electron chi connectivity index (χ0n) is 5.59. The van der Waals surface area contributed by atoms with Gasteiger partial charge in [-0.05, 0) is 18.8 Å². The molecule has 0 bridgehead atoms. The smallest absolute Gasteiger partial charge is 0.0455 e. The number of rotatable bonds is 1. The molecule has 0 aromatic carbocycles. The summed E-state index contributed by atoms with van der Waals surface area (Å²) < 4.78 is 0. The molecule has 49 valence electrons. The SMILES string of the molecule is C1=CC(C2CCC2)C[N]1. The Hall–Kier alpha value is -0.460. The fraction of sp³-hybridized carbons (Fsp3) is 0.750. The molecule has 0 spiro atoms. The van der Waals surface area contributed by atoms with E-state index in [9.17, 15) is 0 Å². The second kappa shape index (κ2) is 2.05. The molecule has 2 aliphatic rings. The van der Waals surface area contributed by atoms with Crippen LogP contribution in [0.1, 0.15) is 19.3 Å². The van der Waals surface area contributed by atoms with Gasteiger partial charge in [0.2, 0.25) is 0 Å². The Bertz CT molecular complexity index is 125. The third-order valence-electron chi connectivity index (χ3n) is 2.51. The van der Waals surface area contributed by atoms with E-state index in [0.717, 1.165) is 18.4 Å². The van der Waals surface area contributed by atoms with Crippen LogP contribution in [0, 0.1) is 11.8 Å². The van der Waals surface area contributed by atoms with Crippen LogP contribution in [0.3, 0.4) is 0 Å². The van der Waals surface area contributed by atoms with Gasteiger partial charge in [0.1, 0.15) is 0 Å².